The maximum Gasteiger partial charge on any atom is 0.416 e. The Kier molecular flexibility index (Phi) is 5.03. The van der Waals surface area contributed by atoms with Gasteiger partial charge in [-0.3, -0.25) is 9.79 Å². The maximum absolute atomic E-state index is 13.1. The highest BCUT2D eigenvalue weighted by molar-refractivity contribution is 6.16. The van der Waals surface area contributed by atoms with Gasteiger partial charge in [0.15, 0.2) is 0 Å². The average Bonchev–Trinajstić information content (AvgIpc) is 3.16. The predicted octanol–water partition coefficient (Wildman–Crippen LogP) is 4.88. The number of nitrogens with zero attached hydrogens (tertiary/aromatic N) is 3. The molecule has 31 heavy (non-hydrogen) atoms. The van der Waals surface area contributed by atoms with Gasteiger partial charge in [-0.2, -0.15) is 18.4 Å². The van der Waals surface area contributed by atoms with Crippen LogP contribution in [-0.4, -0.2) is 16.6 Å². The molecule has 2 heterocycles. The van der Waals surface area contributed by atoms with Gasteiger partial charge in [-0.15, -0.1) is 0 Å². The third-order valence-corrected chi connectivity index (χ3v) is 4.92. The van der Waals surface area contributed by atoms with Gasteiger partial charge in [0, 0.05) is 23.0 Å². The molecule has 5 nitrogen and oxygen atoms in total. The first-order valence-electron chi connectivity index (χ1n) is 9.30. The summed E-state index contributed by atoms with van der Waals surface area (Å²) < 4.78 is 39.3. The minimum atomic E-state index is -4.44. The molecule has 154 valence electrons. The molecule has 8 heteroatoms. The standard InChI is InChI=1S/C23H15F3N4O/c1-13-7-14(10-27)11-28-20(13)22(31)30-18-6-5-16-12-29-21(19(16)9-18)15-3-2-4-17(8-15)23(24,25)26/h2-9,11H,12H2,1H3,(H,30,31). The van der Waals surface area contributed by atoms with Crippen molar-refractivity contribution in [1.29, 1.82) is 5.26 Å². The second kappa shape index (κ2) is 7.69. The van der Waals surface area contributed by atoms with E-state index in [1.54, 1.807) is 37.3 Å². The Bertz CT molecular complexity index is 1270. The van der Waals surface area contributed by atoms with Crippen LogP contribution in [0.3, 0.4) is 0 Å². The van der Waals surface area contributed by atoms with E-state index in [4.69, 9.17) is 5.26 Å². The van der Waals surface area contributed by atoms with E-state index in [1.807, 2.05) is 6.07 Å². The summed E-state index contributed by atoms with van der Waals surface area (Å²) >= 11 is 0. The van der Waals surface area contributed by atoms with Crippen molar-refractivity contribution in [2.24, 2.45) is 4.99 Å². The monoisotopic (exact) mass is 420 g/mol. The summed E-state index contributed by atoms with van der Waals surface area (Å²) in [5, 5.41) is 11.7. The van der Waals surface area contributed by atoms with Crippen LogP contribution in [0.1, 0.15) is 43.9 Å². The predicted molar refractivity (Wildman–Crippen MR) is 109 cm³/mol. The number of alkyl halides is 3. The number of aliphatic imine (C=N–C) groups is 1. The van der Waals surface area contributed by atoms with Crippen molar-refractivity contribution in [1.82, 2.24) is 4.98 Å². The van der Waals surface area contributed by atoms with Crippen LogP contribution in [0.2, 0.25) is 0 Å². The van der Waals surface area contributed by atoms with E-state index in [0.717, 1.165) is 17.7 Å². The Morgan fingerprint density at radius 3 is 2.68 bits per heavy atom. The van der Waals surface area contributed by atoms with Crippen molar-refractivity contribution < 1.29 is 18.0 Å². The van der Waals surface area contributed by atoms with E-state index in [-0.39, 0.29) is 5.69 Å². The Morgan fingerprint density at radius 1 is 1.16 bits per heavy atom. The molecular weight excluding hydrogens is 405 g/mol. The highest BCUT2D eigenvalue weighted by atomic mass is 19.4. The Morgan fingerprint density at radius 2 is 1.97 bits per heavy atom. The van der Waals surface area contributed by atoms with Crippen molar-refractivity contribution in [2.45, 2.75) is 19.6 Å². The van der Waals surface area contributed by atoms with Gasteiger partial charge in [-0.25, -0.2) is 4.98 Å². The first-order valence-corrected chi connectivity index (χ1v) is 9.30. The van der Waals surface area contributed by atoms with Crippen LogP contribution >= 0.6 is 0 Å². The molecule has 0 radical (unpaired) electrons. The number of nitrogens with one attached hydrogen (secondary N) is 1. The molecule has 1 aromatic heterocycles. The Labute approximate surface area is 175 Å². The molecule has 0 unspecified atom stereocenters. The smallest absolute Gasteiger partial charge is 0.321 e. The number of amides is 1. The van der Waals surface area contributed by atoms with Gasteiger partial charge >= 0.3 is 6.18 Å². The topological polar surface area (TPSA) is 78.1 Å². The number of nitriles is 1. The summed E-state index contributed by atoms with van der Waals surface area (Å²) in [5.41, 5.74) is 3.17. The zero-order valence-corrected chi connectivity index (χ0v) is 16.3. The van der Waals surface area contributed by atoms with E-state index >= 15 is 0 Å². The van der Waals surface area contributed by atoms with Crippen molar-refractivity contribution in [2.75, 3.05) is 5.32 Å². The molecule has 4 rings (SSSR count). The SMILES string of the molecule is Cc1cc(C#N)cnc1C(=O)Nc1ccc2c(c1)C(c1cccc(C(F)(F)F)c1)=NC2. The lowest BCUT2D eigenvalue weighted by Crippen LogP contribution is -2.16. The average molecular weight is 420 g/mol. The molecule has 1 amide bonds. The summed E-state index contributed by atoms with van der Waals surface area (Å²) in [4.78, 5) is 21.1. The van der Waals surface area contributed by atoms with Crippen LogP contribution in [0.15, 0.2) is 59.7 Å². The van der Waals surface area contributed by atoms with E-state index in [1.165, 1.54) is 12.3 Å². The van der Waals surface area contributed by atoms with Gasteiger partial charge < -0.3 is 5.32 Å². The molecule has 0 spiro atoms. The second-order valence-electron chi connectivity index (χ2n) is 7.07. The van der Waals surface area contributed by atoms with Crippen LogP contribution < -0.4 is 5.32 Å². The Hall–Kier alpha value is -3.99. The zero-order valence-electron chi connectivity index (χ0n) is 16.3. The van der Waals surface area contributed by atoms with Crippen molar-refractivity contribution in [3.05, 3.63) is 93.8 Å². The number of benzene rings is 2. The lowest BCUT2D eigenvalue weighted by molar-refractivity contribution is -0.137. The number of rotatable bonds is 3. The molecule has 1 aliphatic rings. The molecular formula is C23H15F3N4O. The number of fused-ring (bicyclic) bond motifs is 1. The molecule has 0 aliphatic carbocycles. The molecule has 0 bridgehead atoms. The van der Waals surface area contributed by atoms with E-state index in [9.17, 15) is 18.0 Å². The first-order chi connectivity index (χ1) is 14.8. The highest BCUT2D eigenvalue weighted by Crippen LogP contribution is 2.32. The molecule has 0 fully saturated rings. The lowest BCUT2D eigenvalue weighted by atomic mass is 9.98. The number of carbonyl (C=O) groups excluding carboxylic acids is 1. The van der Waals surface area contributed by atoms with E-state index in [2.05, 4.69) is 15.3 Å². The van der Waals surface area contributed by atoms with Crippen molar-refractivity contribution in [3.63, 3.8) is 0 Å². The number of aryl methyl sites for hydroxylation is 1. The maximum atomic E-state index is 13.1. The van der Waals surface area contributed by atoms with Crippen LogP contribution in [0.4, 0.5) is 18.9 Å². The second-order valence-corrected chi connectivity index (χ2v) is 7.07. The van der Waals surface area contributed by atoms with Crippen LogP contribution in [0.25, 0.3) is 0 Å². The van der Waals surface area contributed by atoms with Crippen LogP contribution in [0.5, 0.6) is 0 Å². The van der Waals surface area contributed by atoms with Gasteiger partial charge in [0.2, 0.25) is 0 Å². The summed E-state index contributed by atoms with van der Waals surface area (Å²) in [6.45, 7) is 2.04. The number of carbonyl (C=O) groups is 1. The number of halogens is 3. The molecule has 1 aliphatic heterocycles. The quantitative estimate of drug-likeness (QED) is 0.656. The zero-order chi connectivity index (χ0) is 22.2. The summed E-state index contributed by atoms with van der Waals surface area (Å²) in [5.74, 6) is -0.447. The van der Waals surface area contributed by atoms with E-state index < -0.39 is 17.6 Å². The third-order valence-electron chi connectivity index (χ3n) is 4.92. The number of anilines is 1. The van der Waals surface area contributed by atoms with Crippen molar-refractivity contribution >= 4 is 17.3 Å². The van der Waals surface area contributed by atoms with Crippen LogP contribution in [0, 0.1) is 18.3 Å². The van der Waals surface area contributed by atoms with E-state index in [0.29, 0.717) is 40.2 Å². The minimum absolute atomic E-state index is 0.186. The highest BCUT2D eigenvalue weighted by Gasteiger charge is 2.31. The van der Waals surface area contributed by atoms with Gasteiger partial charge in [-0.1, -0.05) is 18.2 Å². The summed E-state index contributed by atoms with van der Waals surface area (Å²) in [6, 6.07) is 13.7. The Balaban J connectivity index is 1.62. The van der Waals surface area contributed by atoms with Gasteiger partial charge in [0.25, 0.3) is 5.91 Å². The normalized spacial score (nSPS) is 12.7. The number of hydrogen-bond donors (Lipinski definition) is 1. The number of aromatic nitrogens is 1. The van der Waals surface area contributed by atoms with Gasteiger partial charge in [-0.05, 0) is 48.4 Å². The number of hydrogen-bond acceptors (Lipinski definition) is 4. The first kappa shape index (κ1) is 20.3. The van der Waals surface area contributed by atoms with Crippen LogP contribution in [-0.2, 0) is 12.7 Å². The molecule has 0 saturated carbocycles. The molecule has 3 aromatic rings. The molecule has 0 atom stereocenters. The fourth-order valence-electron chi connectivity index (χ4n) is 3.42. The molecule has 0 saturated heterocycles. The van der Waals surface area contributed by atoms with Gasteiger partial charge in [0.1, 0.15) is 11.8 Å². The summed E-state index contributed by atoms with van der Waals surface area (Å²) in [7, 11) is 0. The largest absolute Gasteiger partial charge is 0.416 e. The lowest BCUT2D eigenvalue weighted by Gasteiger charge is -2.11. The fourth-order valence-corrected chi connectivity index (χ4v) is 3.42. The summed E-state index contributed by atoms with van der Waals surface area (Å²) in [6.07, 6.45) is -3.12. The number of pyridine rings is 1. The molecule has 2 aromatic carbocycles. The minimum Gasteiger partial charge on any atom is -0.321 e. The van der Waals surface area contributed by atoms with Crippen molar-refractivity contribution in [3.8, 4) is 6.07 Å². The molecule has 1 N–H and O–H groups in total. The van der Waals surface area contributed by atoms with Gasteiger partial charge in [0.05, 0.1) is 23.4 Å². The fraction of sp³-hybridized carbons (Fsp3) is 0.130. The third kappa shape index (κ3) is 4.03.